The Kier molecular flexibility index (Phi) is 4.55. The van der Waals surface area contributed by atoms with Crippen LogP contribution in [0.5, 0.6) is 0 Å². The van der Waals surface area contributed by atoms with Crippen molar-refractivity contribution in [3.8, 4) is 0 Å². The lowest BCUT2D eigenvalue weighted by Crippen LogP contribution is -1.91. The lowest BCUT2D eigenvalue weighted by Gasteiger charge is -2.06. The molecule has 0 aliphatic heterocycles. The second-order valence-corrected chi connectivity index (χ2v) is 3.61. The predicted molar refractivity (Wildman–Crippen MR) is 64.5 cm³/mol. The zero-order valence-electron chi connectivity index (χ0n) is 9.18. The summed E-state index contributed by atoms with van der Waals surface area (Å²) < 4.78 is 0. The number of carbonyl (C=O) groups is 1. The van der Waals surface area contributed by atoms with E-state index >= 15 is 0 Å². The summed E-state index contributed by atoms with van der Waals surface area (Å²) in [5, 5.41) is 0. The highest BCUT2D eigenvalue weighted by molar-refractivity contribution is 5.65. The molecule has 78 valence electrons. The van der Waals surface area contributed by atoms with Gasteiger partial charge in [0.2, 0.25) is 0 Å². The van der Waals surface area contributed by atoms with Crippen LogP contribution >= 0.6 is 0 Å². The molecule has 1 nitrogen and oxygen atoms in total. The Morgan fingerprint density at radius 2 is 1.93 bits per heavy atom. The van der Waals surface area contributed by atoms with Gasteiger partial charge in [0.15, 0.2) is 0 Å². The standard InChI is InChI=1S/C14H16O/c1-12(7-6-10-15)13(2)11-14-8-4-3-5-9-14/h3-12H,1-2H3/b7-6-,13-11-/t12-/m0/s1. The smallest absolute Gasteiger partial charge is 0.142 e. The minimum absolute atomic E-state index is 0.301. The van der Waals surface area contributed by atoms with Crippen LogP contribution in [0.1, 0.15) is 19.4 Å². The van der Waals surface area contributed by atoms with Crippen molar-refractivity contribution >= 4 is 12.4 Å². The molecular weight excluding hydrogens is 184 g/mol. The third kappa shape index (κ3) is 3.94. The third-order valence-corrected chi connectivity index (χ3v) is 2.39. The van der Waals surface area contributed by atoms with Crippen LogP contribution in [0.3, 0.4) is 0 Å². The quantitative estimate of drug-likeness (QED) is 0.537. The molecule has 0 N–H and O–H groups in total. The van der Waals surface area contributed by atoms with Crippen molar-refractivity contribution in [1.82, 2.24) is 0 Å². The summed E-state index contributed by atoms with van der Waals surface area (Å²) in [5.41, 5.74) is 2.45. The van der Waals surface area contributed by atoms with Crippen LogP contribution in [-0.2, 0) is 4.79 Å². The Bertz CT molecular complexity index is 360. The van der Waals surface area contributed by atoms with Gasteiger partial charge >= 0.3 is 0 Å². The number of hydrogen-bond donors (Lipinski definition) is 0. The first-order valence-electron chi connectivity index (χ1n) is 5.09. The summed E-state index contributed by atoms with van der Waals surface area (Å²) in [4.78, 5) is 10.2. The fraction of sp³-hybridized carbons (Fsp3) is 0.214. The lowest BCUT2D eigenvalue weighted by molar-refractivity contribution is -0.104. The van der Waals surface area contributed by atoms with Gasteiger partial charge in [-0.15, -0.1) is 0 Å². The first-order valence-corrected chi connectivity index (χ1v) is 5.09. The van der Waals surface area contributed by atoms with E-state index in [2.05, 4.69) is 32.1 Å². The number of hydrogen-bond acceptors (Lipinski definition) is 1. The SMILES string of the molecule is C/C(=C/c1ccccc1)[C@@H](C)/C=C\C=O. The van der Waals surface area contributed by atoms with Crippen molar-refractivity contribution in [2.24, 2.45) is 5.92 Å². The van der Waals surface area contributed by atoms with Crippen LogP contribution in [0, 0.1) is 5.92 Å². The summed E-state index contributed by atoms with van der Waals surface area (Å²) in [6, 6.07) is 10.2. The topological polar surface area (TPSA) is 17.1 Å². The Hall–Kier alpha value is -1.63. The molecule has 0 unspecified atom stereocenters. The second kappa shape index (κ2) is 5.97. The Labute approximate surface area is 91.1 Å². The number of allylic oxidation sites excluding steroid dienone is 3. The minimum Gasteiger partial charge on any atom is -0.299 e. The first kappa shape index (κ1) is 11.4. The van der Waals surface area contributed by atoms with Crippen LogP contribution in [0.4, 0.5) is 0 Å². The first-order chi connectivity index (χ1) is 7.24. The van der Waals surface area contributed by atoms with Gasteiger partial charge in [0.25, 0.3) is 0 Å². The molecule has 0 saturated heterocycles. The molecule has 1 rings (SSSR count). The maximum atomic E-state index is 10.2. The van der Waals surface area contributed by atoms with Gasteiger partial charge in [0, 0.05) is 0 Å². The Morgan fingerprint density at radius 1 is 1.27 bits per heavy atom. The van der Waals surface area contributed by atoms with Crippen LogP contribution in [0.15, 0.2) is 48.1 Å². The Morgan fingerprint density at radius 3 is 2.53 bits per heavy atom. The number of rotatable bonds is 4. The van der Waals surface area contributed by atoms with Crippen LogP contribution < -0.4 is 0 Å². The summed E-state index contributed by atoms with van der Waals surface area (Å²) in [6.07, 6.45) is 6.40. The van der Waals surface area contributed by atoms with Crippen molar-refractivity contribution in [2.45, 2.75) is 13.8 Å². The van der Waals surface area contributed by atoms with Gasteiger partial charge in [-0.2, -0.15) is 0 Å². The van der Waals surface area contributed by atoms with Crippen molar-refractivity contribution in [3.05, 3.63) is 53.6 Å². The molecule has 0 heterocycles. The molecule has 0 aliphatic carbocycles. The van der Waals surface area contributed by atoms with E-state index in [1.165, 1.54) is 11.1 Å². The molecule has 0 amide bonds. The average Bonchev–Trinajstić information content (AvgIpc) is 2.27. The molecule has 0 radical (unpaired) electrons. The van der Waals surface area contributed by atoms with E-state index < -0.39 is 0 Å². The largest absolute Gasteiger partial charge is 0.299 e. The van der Waals surface area contributed by atoms with Gasteiger partial charge in [0.05, 0.1) is 0 Å². The number of aldehydes is 1. The highest BCUT2D eigenvalue weighted by atomic mass is 16.1. The van der Waals surface area contributed by atoms with Crippen molar-refractivity contribution in [1.29, 1.82) is 0 Å². The van der Waals surface area contributed by atoms with Gasteiger partial charge in [-0.1, -0.05) is 55.0 Å². The van der Waals surface area contributed by atoms with E-state index in [-0.39, 0.29) is 0 Å². The van der Waals surface area contributed by atoms with Gasteiger partial charge in [-0.25, -0.2) is 0 Å². The van der Waals surface area contributed by atoms with E-state index in [4.69, 9.17) is 0 Å². The second-order valence-electron chi connectivity index (χ2n) is 3.61. The predicted octanol–water partition coefficient (Wildman–Crippen LogP) is 3.48. The molecule has 0 fully saturated rings. The fourth-order valence-corrected chi connectivity index (χ4v) is 1.31. The minimum atomic E-state index is 0.301. The molecule has 0 spiro atoms. The fourth-order valence-electron chi connectivity index (χ4n) is 1.31. The highest BCUT2D eigenvalue weighted by Crippen LogP contribution is 2.15. The normalized spacial score (nSPS) is 14.1. The molecule has 0 bridgehead atoms. The molecular formula is C14H16O. The van der Waals surface area contributed by atoms with E-state index in [0.717, 1.165) is 6.29 Å². The molecule has 1 atom stereocenters. The molecule has 0 saturated carbocycles. The number of benzene rings is 1. The third-order valence-electron chi connectivity index (χ3n) is 2.39. The van der Waals surface area contributed by atoms with Crippen LogP contribution in [0.25, 0.3) is 6.08 Å². The number of carbonyl (C=O) groups excluding carboxylic acids is 1. The van der Waals surface area contributed by atoms with Gasteiger partial charge in [-0.3, -0.25) is 4.79 Å². The summed E-state index contributed by atoms with van der Waals surface area (Å²) in [5.74, 6) is 0.301. The van der Waals surface area contributed by atoms with E-state index in [1.54, 1.807) is 6.08 Å². The van der Waals surface area contributed by atoms with Crippen LogP contribution in [0.2, 0.25) is 0 Å². The van der Waals surface area contributed by atoms with Crippen molar-refractivity contribution in [3.63, 3.8) is 0 Å². The van der Waals surface area contributed by atoms with E-state index in [0.29, 0.717) is 5.92 Å². The monoisotopic (exact) mass is 200 g/mol. The molecule has 15 heavy (non-hydrogen) atoms. The van der Waals surface area contributed by atoms with Crippen molar-refractivity contribution in [2.75, 3.05) is 0 Å². The average molecular weight is 200 g/mol. The van der Waals surface area contributed by atoms with Gasteiger partial charge in [-0.05, 0) is 24.5 Å². The lowest BCUT2D eigenvalue weighted by atomic mass is 10.00. The maximum absolute atomic E-state index is 10.2. The van der Waals surface area contributed by atoms with Gasteiger partial charge < -0.3 is 0 Å². The Balaban J connectivity index is 2.75. The molecule has 1 heteroatoms. The highest BCUT2D eigenvalue weighted by Gasteiger charge is 1.98. The molecule has 1 aromatic carbocycles. The molecule has 1 aromatic rings. The van der Waals surface area contributed by atoms with E-state index in [9.17, 15) is 4.79 Å². The maximum Gasteiger partial charge on any atom is 0.142 e. The van der Waals surface area contributed by atoms with E-state index in [1.807, 2.05) is 24.3 Å². The van der Waals surface area contributed by atoms with Gasteiger partial charge in [0.1, 0.15) is 6.29 Å². The summed E-state index contributed by atoms with van der Waals surface area (Å²) in [7, 11) is 0. The summed E-state index contributed by atoms with van der Waals surface area (Å²) >= 11 is 0. The zero-order valence-corrected chi connectivity index (χ0v) is 9.18. The summed E-state index contributed by atoms with van der Waals surface area (Å²) in [6.45, 7) is 4.15. The zero-order chi connectivity index (χ0) is 11.1. The van der Waals surface area contributed by atoms with Crippen LogP contribution in [-0.4, -0.2) is 6.29 Å². The van der Waals surface area contributed by atoms with Crippen molar-refractivity contribution < 1.29 is 4.79 Å². The molecule has 0 aromatic heterocycles. The molecule has 0 aliphatic rings.